The van der Waals surface area contributed by atoms with Gasteiger partial charge in [-0.25, -0.2) is 9.97 Å². The summed E-state index contributed by atoms with van der Waals surface area (Å²) in [5.41, 5.74) is 1.36. The highest BCUT2D eigenvalue weighted by molar-refractivity contribution is 5.95. The lowest BCUT2D eigenvalue weighted by atomic mass is 9.93. The average molecular weight is 354 g/mol. The molecule has 0 unspecified atom stereocenters. The Morgan fingerprint density at radius 1 is 1.27 bits per heavy atom. The van der Waals surface area contributed by atoms with Crippen LogP contribution in [0.3, 0.4) is 0 Å². The fourth-order valence-corrected chi connectivity index (χ4v) is 3.34. The van der Waals surface area contributed by atoms with Crippen LogP contribution in [0.1, 0.15) is 43.0 Å². The van der Waals surface area contributed by atoms with Gasteiger partial charge in [0.15, 0.2) is 0 Å². The summed E-state index contributed by atoms with van der Waals surface area (Å²) < 4.78 is 0. The van der Waals surface area contributed by atoms with Crippen molar-refractivity contribution in [1.82, 2.24) is 20.3 Å². The highest BCUT2D eigenvalue weighted by atomic mass is 16.1. The van der Waals surface area contributed by atoms with Crippen molar-refractivity contribution in [3.05, 3.63) is 36.2 Å². The molecule has 138 valence electrons. The van der Waals surface area contributed by atoms with Crippen LogP contribution in [-0.4, -0.2) is 41.0 Å². The number of piperidine rings is 1. The van der Waals surface area contributed by atoms with Gasteiger partial charge in [-0.15, -0.1) is 0 Å². The molecular formula is C19H26N6O. The van der Waals surface area contributed by atoms with Gasteiger partial charge in [0, 0.05) is 31.4 Å². The number of hydrogen-bond acceptors (Lipinski definition) is 6. The van der Waals surface area contributed by atoms with Crippen molar-refractivity contribution in [1.29, 1.82) is 0 Å². The van der Waals surface area contributed by atoms with Gasteiger partial charge in [-0.05, 0) is 37.0 Å². The normalized spacial score (nSPS) is 14.9. The van der Waals surface area contributed by atoms with Crippen LogP contribution in [0.25, 0.3) is 0 Å². The number of carbonyl (C=O) groups is 1. The Morgan fingerprint density at radius 3 is 2.81 bits per heavy atom. The van der Waals surface area contributed by atoms with Crippen molar-refractivity contribution in [2.45, 2.75) is 32.6 Å². The van der Waals surface area contributed by atoms with E-state index in [1.165, 1.54) is 32.0 Å². The second-order valence-corrected chi connectivity index (χ2v) is 6.61. The van der Waals surface area contributed by atoms with Gasteiger partial charge in [0.2, 0.25) is 11.9 Å². The van der Waals surface area contributed by atoms with Gasteiger partial charge in [0.05, 0.1) is 0 Å². The van der Waals surface area contributed by atoms with Crippen LogP contribution in [0, 0.1) is 5.92 Å². The predicted octanol–water partition coefficient (Wildman–Crippen LogP) is 2.99. The van der Waals surface area contributed by atoms with E-state index in [1.54, 1.807) is 19.2 Å². The van der Waals surface area contributed by atoms with Crippen molar-refractivity contribution in [3.63, 3.8) is 0 Å². The third-order valence-electron chi connectivity index (χ3n) is 4.76. The van der Waals surface area contributed by atoms with Crippen LogP contribution >= 0.6 is 0 Å². The maximum absolute atomic E-state index is 11.8. The Bertz CT molecular complexity index is 742. The monoisotopic (exact) mass is 354 g/mol. The van der Waals surface area contributed by atoms with Crippen molar-refractivity contribution in [3.8, 4) is 0 Å². The maximum atomic E-state index is 11.8. The van der Waals surface area contributed by atoms with E-state index in [0.717, 1.165) is 24.7 Å². The Morgan fingerprint density at radius 2 is 2.08 bits per heavy atom. The van der Waals surface area contributed by atoms with Gasteiger partial charge >= 0.3 is 0 Å². The summed E-state index contributed by atoms with van der Waals surface area (Å²) in [5, 5.41) is 5.79. The summed E-state index contributed by atoms with van der Waals surface area (Å²) >= 11 is 0. The van der Waals surface area contributed by atoms with E-state index in [2.05, 4.69) is 37.4 Å². The second-order valence-electron chi connectivity index (χ2n) is 6.61. The minimum Gasteiger partial charge on any atom is -0.355 e. The highest BCUT2D eigenvalue weighted by Gasteiger charge is 2.20. The molecule has 0 saturated carbocycles. The zero-order valence-corrected chi connectivity index (χ0v) is 15.4. The first-order valence-corrected chi connectivity index (χ1v) is 9.22. The van der Waals surface area contributed by atoms with Crippen LogP contribution in [-0.2, 0) is 0 Å². The number of anilines is 3. The van der Waals surface area contributed by atoms with Gasteiger partial charge in [-0.2, -0.15) is 4.98 Å². The van der Waals surface area contributed by atoms with E-state index in [1.807, 2.05) is 12.1 Å². The molecule has 1 saturated heterocycles. The van der Waals surface area contributed by atoms with Crippen molar-refractivity contribution >= 4 is 23.5 Å². The second kappa shape index (κ2) is 8.60. The molecule has 1 aliphatic heterocycles. The van der Waals surface area contributed by atoms with Crippen molar-refractivity contribution in [2.24, 2.45) is 5.92 Å². The van der Waals surface area contributed by atoms with Gasteiger partial charge in [-0.1, -0.05) is 25.8 Å². The Balaban J connectivity index is 1.67. The third kappa shape index (κ3) is 4.47. The van der Waals surface area contributed by atoms with Crippen molar-refractivity contribution < 1.29 is 4.79 Å². The molecule has 0 radical (unpaired) electrons. The maximum Gasteiger partial charge on any atom is 0.251 e. The summed E-state index contributed by atoms with van der Waals surface area (Å²) in [7, 11) is 1.62. The van der Waals surface area contributed by atoms with E-state index in [-0.39, 0.29) is 5.91 Å². The molecule has 2 aromatic rings. The average Bonchev–Trinajstić information content (AvgIpc) is 2.68. The number of rotatable bonds is 6. The molecule has 0 spiro atoms. The first-order valence-electron chi connectivity index (χ1n) is 9.22. The molecule has 0 aliphatic carbocycles. The molecule has 7 nitrogen and oxygen atoms in total. The van der Waals surface area contributed by atoms with Crippen LogP contribution < -0.4 is 15.5 Å². The van der Waals surface area contributed by atoms with Gasteiger partial charge < -0.3 is 15.5 Å². The lowest BCUT2D eigenvalue weighted by Gasteiger charge is -2.31. The van der Waals surface area contributed by atoms with Crippen LogP contribution in [0.4, 0.5) is 17.6 Å². The molecule has 1 aliphatic rings. The van der Waals surface area contributed by atoms with Crippen LogP contribution in [0.5, 0.6) is 0 Å². The molecule has 1 fully saturated rings. The number of benzene rings is 1. The molecular weight excluding hydrogens is 328 g/mol. The fourth-order valence-electron chi connectivity index (χ4n) is 3.34. The molecule has 0 atom stereocenters. The lowest BCUT2D eigenvalue weighted by molar-refractivity contribution is 0.0963. The number of amides is 1. The summed E-state index contributed by atoms with van der Waals surface area (Å²) in [6.45, 7) is 4.22. The van der Waals surface area contributed by atoms with Crippen LogP contribution in [0.2, 0.25) is 0 Å². The number of nitrogens with zero attached hydrogens (tertiary/aromatic N) is 4. The summed E-state index contributed by atoms with van der Waals surface area (Å²) in [4.78, 5) is 27.1. The third-order valence-corrected chi connectivity index (χ3v) is 4.76. The van der Waals surface area contributed by atoms with E-state index in [4.69, 9.17) is 0 Å². The van der Waals surface area contributed by atoms with Gasteiger partial charge in [0.1, 0.15) is 6.33 Å². The van der Waals surface area contributed by atoms with Gasteiger partial charge in [-0.3, -0.25) is 4.79 Å². The minimum absolute atomic E-state index is 0.125. The smallest absolute Gasteiger partial charge is 0.251 e. The highest BCUT2D eigenvalue weighted by Crippen LogP contribution is 2.24. The Labute approximate surface area is 154 Å². The Kier molecular flexibility index (Phi) is 5.99. The summed E-state index contributed by atoms with van der Waals surface area (Å²) in [6.07, 6.45) is 6.47. The molecule has 3 rings (SSSR count). The predicted molar refractivity (Wildman–Crippen MR) is 103 cm³/mol. The zero-order valence-electron chi connectivity index (χ0n) is 15.4. The van der Waals surface area contributed by atoms with Crippen molar-refractivity contribution in [2.75, 3.05) is 30.4 Å². The molecule has 1 amide bonds. The van der Waals surface area contributed by atoms with Gasteiger partial charge in [0.25, 0.3) is 5.91 Å². The minimum atomic E-state index is -0.125. The first kappa shape index (κ1) is 18.1. The topological polar surface area (TPSA) is 83.0 Å². The Hall–Kier alpha value is -2.70. The largest absolute Gasteiger partial charge is 0.355 e. The summed E-state index contributed by atoms with van der Waals surface area (Å²) in [5.74, 6) is 1.89. The van der Waals surface area contributed by atoms with Crippen LogP contribution in [0.15, 0.2) is 30.6 Å². The van der Waals surface area contributed by atoms with E-state index >= 15 is 0 Å². The fraction of sp³-hybridized carbons (Fsp3) is 0.474. The number of hydrogen-bond donors (Lipinski definition) is 2. The first-order chi connectivity index (χ1) is 12.7. The molecule has 7 heteroatoms. The molecule has 2 N–H and O–H groups in total. The summed E-state index contributed by atoms with van der Waals surface area (Å²) in [6, 6.07) is 7.25. The number of nitrogens with one attached hydrogen (secondary N) is 2. The SMILES string of the molecule is CCCC1CCN(c2ncnc(Nc3cccc(C(=O)NC)c3)n2)CC1. The number of carbonyl (C=O) groups excluding carboxylic acids is 1. The molecule has 1 aromatic carbocycles. The molecule has 2 heterocycles. The molecule has 1 aromatic heterocycles. The lowest BCUT2D eigenvalue weighted by Crippen LogP contribution is -2.35. The molecule has 26 heavy (non-hydrogen) atoms. The number of aromatic nitrogens is 3. The standard InChI is InChI=1S/C19H26N6O/c1-3-5-14-8-10-25(11-9-14)19-22-13-21-18(24-19)23-16-7-4-6-15(12-16)17(26)20-2/h4,6-7,12-14H,3,5,8-11H2,1-2H3,(H,20,26)(H,21,22,23,24). The molecule has 0 bridgehead atoms. The van der Waals surface area contributed by atoms with E-state index < -0.39 is 0 Å². The van der Waals surface area contributed by atoms with E-state index in [9.17, 15) is 4.79 Å². The zero-order chi connectivity index (χ0) is 18.4. The quantitative estimate of drug-likeness (QED) is 0.830. The van der Waals surface area contributed by atoms with E-state index in [0.29, 0.717) is 17.5 Å².